The quantitative estimate of drug-likeness (QED) is 0.871. The lowest BCUT2D eigenvalue weighted by Gasteiger charge is -2.44. The van der Waals surface area contributed by atoms with Crippen molar-refractivity contribution in [3.05, 3.63) is 30.6 Å². The average Bonchev–Trinajstić information content (AvgIpc) is 3.13. The van der Waals surface area contributed by atoms with Gasteiger partial charge in [-0.05, 0) is 43.7 Å². The summed E-state index contributed by atoms with van der Waals surface area (Å²) < 4.78 is 7.63. The van der Waals surface area contributed by atoms with E-state index in [0.717, 1.165) is 50.0 Å². The number of likely N-dealkylation sites (tertiary alicyclic amines) is 1. The number of para-hydroxylation sites is 2. The molecule has 1 aliphatic carbocycles. The average molecular weight is 313 g/mol. The van der Waals surface area contributed by atoms with Gasteiger partial charge in [-0.15, -0.1) is 0 Å². The van der Waals surface area contributed by atoms with Crippen molar-refractivity contribution in [3.63, 3.8) is 0 Å². The third kappa shape index (κ3) is 2.63. The van der Waals surface area contributed by atoms with Gasteiger partial charge in [-0.25, -0.2) is 4.98 Å². The molecule has 4 rings (SSSR count). The van der Waals surface area contributed by atoms with E-state index < -0.39 is 0 Å². The van der Waals surface area contributed by atoms with Crippen LogP contribution in [0.4, 0.5) is 0 Å². The maximum absolute atomic E-state index is 12.6. The number of fused-ring (bicyclic) bond motifs is 1. The van der Waals surface area contributed by atoms with Crippen molar-refractivity contribution in [3.8, 4) is 0 Å². The second-order valence-corrected chi connectivity index (χ2v) is 6.91. The molecule has 0 unspecified atom stereocenters. The summed E-state index contributed by atoms with van der Waals surface area (Å²) in [5.41, 5.74) is 2.29. The zero-order valence-corrected chi connectivity index (χ0v) is 13.6. The van der Waals surface area contributed by atoms with Crippen LogP contribution in [-0.2, 0) is 16.1 Å². The first-order valence-electron chi connectivity index (χ1n) is 8.48. The number of rotatable bonds is 4. The van der Waals surface area contributed by atoms with Crippen molar-refractivity contribution in [1.82, 2.24) is 14.5 Å². The molecular weight excluding hydrogens is 290 g/mol. The zero-order valence-electron chi connectivity index (χ0n) is 13.6. The molecule has 1 spiro atoms. The minimum Gasteiger partial charge on any atom is -0.378 e. The summed E-state index contributed by atoms with van der Waals surface area (Å²) in [6, 6.07) is 7.94. The molecule has 5 nitrogen and oxygen atoms in total. The fraction of sp³-hybridized carbons (Fsp3) is 0.556. The molecule has 0 atom stereocenters. The number of carbonyl (C=O) groups excluding carboxylic acids is 1. The van der Waals surface area contributed by atoms with Crippen molar-refractivity contribution in [2.75, 3.05) is 19.7 Å². The van der Waals surface area contributed by atoms with Crippen LogP contribution in [0.5, 0.6) is 0 Å². The number of benzene rings is 1. The highest BCUT2D eigenvalue weighted by Crippen LogP contribution is 2.49. The number of ether oxygens (including phenoxy) is 1. The van der Waals surface area contributed by atoms with Gasteiger partial charge in [0.15, 0.2) is 0 Å². The number of amides is 1. The van der Waals surface area contributed by atoms with E-state index in [1.54, 1.807) is 6.33 Å². The molecule has 1 aromatic carbocycles. The lowest BCUT2D eigenvalue weighted by Crippen LogP contribution is -2.45. The Morgan fingerprint density at radius 2 is 2.22 bits per heavy atom. The lowest BCUT2D eigenvalue weighted by atomic mass is 9.66. The Kier molecular flexibility index (Phi) is 3.60. The van der Waals surface area contributed by atoms with Crippen LogP contribution in [0.25, 0.3) is 11.0 Å². The van der Waals surface area contributed by atoms with E-state index >= 15 is 0 Å². The molecule has 1 aliphatic heterocycles. The minimum atomic E-state index is 0.199. The number of imidazole rings is 1. The molecular formula is C18H23N3O2. The van der Waals surface area contributed by atoms with Crippen LogP contribution in [0.3, 0.4) is 0 Å². The molecule has 1 saturated carbocycles. The maximum atomic E-state index is 12.6. The number of nitrogens with zero attached hydrogens (tertiary/aromatic N) is 3. The predicted molar refractivity (Wildman–Crippen MR) is 88.0 cm³/mol. The molecule has 23 heavy (non-hydrogen) atoms. The third-order valence-corrected chi connectivity index (χ3v) is 5.35. The Balaban J connectivity index is 1.39. The summed E-state index contributed by atoms with van der Waals surface area (Å²) in [5.74, 6) is 0.199. The van der Waals surface area contributed by atoms with E-state index in [9.17, 15) is 4.79 Å². The van der Waals surface area contributed by atoms with Crippen LogP contribution >= 0.6 is 0 Å². The van der Waals surface area contributed by atoms with Crippen molar-refractivity contribution in [2.24, 2.45) is 5.41 Å². The monoisotopic (exact) mass is 313 g/mol. The fourth-order valence-corrected chi connectivity index (χ4v) is 4.12. The van der Waals surface area contributed by atoms with Crippen LogP contribution < -0.4 is 0 Å². The fourth-order valence-electron chi connectivity index (χ4n) is 4.12. The van der Waals surface area contributed by atoms with E-state index in [2.05, 4.69) is 4.98 Å². The number of aromatic nitrogens is 2. The highest BCUT2D eigenvalue weighted by molar-refractivity contribution is 5.80. The molecule has 5 heteroatoms. The second kappa shape index (κ2) is 5.64. The third-order valence-electron chi connectivity index (χ3n) is 5.35. The predicted octanol–water partition coefficient (Wildman–Crippen LogP) is 2.45. The van der Waals surface area contributed by atoms with E-state index in [4.69, 9.17) is 4.74 Å². The first-order chi connectivity index (χ1) is 11.2. The van der Waals surface area contributed by atoms with Gasteiger partial charge in [0, 0.05) is 19.7 Å². The van der Waals surface area contributed by atoms with Gasteiger partial charge in [0.1, 0.15) is 6.54 Å². The number of hydrogen-bond acceptors (Lipinski definition) is 3. The Bertz CT molecular complexity index is 718. The largest absolute Gasteiger partial charge is 0.378 e. The van der Waals surface area contributed by atoms with Gasteiger partial charge < -0.3 is 14.2 Å². The Labute approximate surface area is 136 Å². The Morgan fingerprint density at radius 3 is 3.04 bits per heavy atom. The first-order valence-corrected chi connectivity index (χ1v) is 8.48. The van der Waals surface area contributed by atoms with Gasteiger partial charge in [-0.1, -0.05) is 12.1 Å². The highest BCUT2D eigenvalue weighted by Gasteiger charge is 2.49. The molecule has 1 saturated heterocycles. The van der Waals surface area contributed by atoms with Gasteiger partial charge >= 0.3 is 0 Å². The standard InChI is InChI=1S/C18H23N3O2/c1-2-23-14-9-18(10-14)7-8-20(12-18)17(22)11-21-13-19-15-5-3-4-6-16(15)21/h3-6,13-14H,2,7-12H2,1H3. The molecule has 122 valence electrons. The van der Waals surface area contributed by atoms with E-state index in [1.165, 1.54) is 0 Å². The number of hydrogen-bond donors (Lipinski definition) is 0. The molecule has 1 amide bonds. The van der Waals surface area contributed by atoms with Crippen LogP contribution in [0.1, 0.15) is 26.2 Å². The summed E-state index contributed by atoms with van der Waals surface area (Å²) in [7, 11) is 0. The van der Waals surface area contributed by atoms with E-state index in [-0.39, 0.29) is 5.91 Å². The van der Waals surface area contributed by atoms with Crippen LogP contribution in [0.2, 0.25) is 0 Å². The molecule has 0 N–H and O–H groups in total. The molecule has 2 fully saturated rings. The first kappa shape index (κ1) is 14.7. The Hall–Kier alpha value is -1.88. The zero-order chi connectivity index (χ0) is 15.9. The summed E-state index contributed by atoms with van der Waals surface area (Å²) in [6.45, 7) is 4.99. The van der Waals surface area contributed by atoms with Gasteiger partial charge in [-0.3, -0.25) is 4.79 Å². The molecule has 1 aromatic heterocycles. The normalized spacial score (nSPS) is 26.8. The van der Waals surface area contributed by atoms with Crippen molar-refractivity contribution in [1.29, 1.82) is 0 Å². The molecule has 2 aliphatic rings. The second-order valence-electron chi connectivity index (χ2n) is 6.91. The topological polar surface area (TPSA) is 47.4 Å². The number of carbonyl (C=O) groups is 1. The molecule has 2 aromatic rings. The summed E-state index contributed by atoms with van der Waals surface area (Å²) in [6.07, 6.45) is 5.51. The molecule has 2 heterocycles. The van der Waals surface area contributed by atoms with E-state index in [0.29, 0.717) is 18.1 Å². The summed E-state index contributed by atoms with van der Waals surface area (Å²) in [4.78, 5) is 19.0. The van der Waals surface area contributed by atoms with Crippen molar-refractivity contribution in [2.45, 2.75) is 38.8 Å². The van der Waals surface area contributed by atoms with Gasteiger partial charge in [0.25, 0.3) is 0 Å². The van der Waals surface area contributed by atoms with E-state index in [1.807, 2.05) is 40.7 Å². The smallest absolute Gasteiger partial charge is 0.242 e. The van der Waals surface area contributed by atoms with Crippen LogP contribution in [0, 0.1) is 5.41 Å². The molecule has 0 radical (unpaired) electrons. The lowest BCUT2D eigenvalue weighted by molar-refractivity contribution is -0.132. The maximum Gasteiger partial charge on any atom is 0.242 e. The Morgan fingerprint density at radius 1 is 1.39 bits per heavy atom. The molecule has 0 bridgehead atoms. The van der Waals surface area contributed by atoms with Gasteiger partial charge in [0.2, 0.25) is 5.91 Å². The van der Waals surface area contributed by atoms with Crippen LogP contribution in [-0.4, -0.2) is 46.2 Å². The van der Waals surface area contributed by atoms with Crippen molar-refractivity contribution >= 4 is 16.9 Å². The summed E-state index contributed by atoms with van der Waals surface area (Å²) >= 11 is 0. The highest BCUT2D eigenvalue weighted by atomic mass is 16.5. The summed E-state index contributed by atoms with van der Waals surface area (Å²) in [5, 5.41) is 0. The van der Waals surface area contributed by atoms with Crippen molar-refractivity contribution < 1.29 is 9.53 Å². The van der Waals surface area contributed by atoms with Gasteiger partial charge in [-0.2, -0.15) is 0 Å². The SMILES string of the molecule is CCOC1CC2(CCN(C(=O)Cn3cnc4ccccc43)C2)C1. The van der Waals surface area contributed by atoms with Crippen LogP contribution in [0.15, 0.2) is 30.6 Å². The van der Waals surface area contributed by atoms with Gasteiger partial charge in [0.05, 0.1) is 23.5 Å². The minimum absolute atomic E-state index is 0.199.